The molecule has 1 aliphatic heterocycles. The molecule has 4 rings (SSSR count). The van der Waals surface area contributed by atoms with E-state index in [1.54, 1.807) is 0 Å². The molecule has 1 saturated heterocycles. The average Bonchev–Trinajstić information content (AvgIpc) is 2.87. The lowest BCUT2D eigenvalue weighted by molar-refractivity contribution is 0.121. The van der Waals surface area contributed by atoms with Crippen LogP contribution in [0.2, 0.25) is 0 Å². The second kappa shape index (κ2) is 8.54. The fourth-order valence-electron chi connectivity index (χ4n) is 3.93. The Kier molecular flexibility index (Phi) is 5.69. The van der Waals surface area contributed by atoms with Crippen molar-refractivity contribution in [3.8, 4) is 11.8 Å². The first-order chi connectivity index (χ1) is 13.3. The van der Waals surface area contributed by atoms with Crippen LogP contribution in [0.25, 0.3) is 12.2 Å². The van der Waals surface area contributed by atoms with Crippen LogP contribution in [0.1, 0.15) is 28.2 Å². The van der Waals surface area contributed by atoms with Crippen molar-refractivity contribution in [2.75, 3.05) is 45.9 Å². The molecule has 0 bridgehead atoms. The largest absolute Gasteiger partial charge is 0.395 e. The van der Waals surface area contributed by atoms with E-state index in [0.717, 1.165) is 39.3 Å². The summed E-state index contributed by atoms with van der Waals surface area (Å²) in [6, 6.07) is 17.2. The van der Waals surface area contributed by atoms with Crippen LogP contribution in [0.4, 0.5) is 0 Å². The summed E-state index contributed by atoms with van der Waals surface area (Å²) in [6.07, 6.45) is 4.41. The molecule has 27 heavy (non-hydrogen) atoms. The summed E-state index contributed by atoms with van der Waals surface area (Å²) >= 11 is 0. The maximum atomic E-state index is 9.07. The Bertz CT molecular complexity index is 820. The molecule has 138 valence electrons. The second-order valence-corrected chi connectivity index (χ2v) is 7.19. The molecule has 1 heterocycles. The van der Waals surface area contributed by atoms with Gasteiger partial charge in [0.25, 0.3) is 0 Å². The zero-order valence-electron chi connectivity index (χ0n) is 15.6. The van der Waals surface area contributed by atoms with Crippen LogP contribution in [0.3, 0.4) is 0 Å². The number of aliphatic hydroxyl groups is 1. The highest BCUT2D eigenvalue weighted by molar-refractivity contribution is 5.77. The molecule has 0 saturated carbocycles. The SMILES string of the molecule is OCCN1CCN(CC#CC2c3ccccc3C=Cc3ccccc32)CC1. The number of fused-ring (bicyclic) bond motifs is 2. The molecule has 0 radical (unpaired) electrons. The maximum absolute atomic E-state index is 9.07. The van der Waals surface area contributed by atoms with Gasteiger partial charge in [0.05, 0.1) is 19.1 Å². The molecule has 1 aliphatic carbocycles. The van der Waals surface area contributed by atoms with E-state index in [-0.39, 0.29) is 12.5 Å². The first-order valence-corrected chi connectivity index (χ1v) is 9.75. The fourth-order valence-corrected chi connectivity index (χ4v) is 3.93. The van der Waals surface area contributed by atoms with Gasteiger partial charge in [0.2, 0.25) is 0 Å². The topological polar surface area (TPSA) is 26.7 Å². The number of hydrogen-bond acceptors (Lipinski definition) is 3. The number of hydrogen-bond donors (Lipinski definition) is 1. The summed E-state index contributed by atoms with van der Waals surface area (Å²) in [5, 5.41) is 9.07. The Labute approximate surface area is 161 Å². The van der Waals surface area contributed by atoms with Gasteiger partial charge < -0.3 is 5.11 Å². The highest BCUT2D eigenvalue weighted by Crippen LogP contribution is 2.33. The number of nitrogens with zero attached hydrogens (tertiary/aromatic N) is 2. The third kappa shape index (κ3) is 4.14. The van der Waals surface area contributed by atoms with Crippen LogP contribution >= 0.6 is 0 Å². The predicted molar refractivity (Wildman–Crippen MR) is 111 cm³/mol. The van der Waals surface area contributed by atoms with Gasteiger partial charge in [-0.25, -0.2) is 0 Å². The lowest BCUT2D eigenvalue weighted by Crippen LogP contribution is -2.47. The van der Waals surface area contributed by atoms with Gasteiger partial charge in [-0.3, -0.25) is 9.80 Å². The van der Waals surface area contributed by atoms with Gasteiger partial charge in [-0.15, -0.1) is 0 Å². The number of β-amino-alcohol motifs (C(OH)–C–C–N with tert-alkyl or cyclic N) is 1. The molecule has 0 aromatic heterocycles. The van der Waals surface area contributed by atoms with Crippen LogP contribution < -0.4 is 0 Å². The van der Waals surface area contributed by atoms with Gasteiger partial charge in [0, 0.05) is 32.7 Å². The Hall–Kier alpha value is -2.38. The minimum Gasteiger partial charge on any atom is -0.395 e. The van der Waals surface area contributed by atoms with Gasteiger partial charge in [-0.2, -0.15) is 0 Å². The number of piperazine rings is 1. The van der Waals surface area contributed by atoms with Gasteiger partial charge in [0.15, 0.2) is 0 Å². The lowest BCUT2D eigenvalue weighted by atomic mass is 9.88. The van der Waals surface area contributed by atoms with E-state index in [1.165, 1.54) is 22.3 Å². The van der Waals surface area contributed by atoms with Crippen LogP contribution in [0.15, 0.2) is 48.5 Å². The standard InChI is InChI=1S/C24H26N2O/c27-19-18-26-16-14-25(15-17-26)13-5-10-24-22-8-3-1-6-20(22)11-12-21-7-2-4-9-23(21)24/h1-4,6-9,11-12,24,27H,13-19H2. The first kappa shape index (κ1) is 18.0. The smallest absolute Gasteiger partial charge is 0.0714 e. The molecule has 0 atom stereocenters. The van der Waals surface area contributed by atoms with Gasteiger partial charge in [-0.05, 0) is 22.3 Å². The van der Waals surface area contributed by atoms with Gasteiger partial charge >= 0.3 is 0 Å². The third-order valence-electron chi connectivity index (χ3n) is 5.49. The monoisotopic (exact) mass is 358 g/mol. The molecule has 3 nitrogen and oxygen atoms in total. The van der Waals surface area contributed by atoms with Crippen LogP contribution in [0, 0.1) is 11.8 Å². The lowest BCUT2D eigenvalue weighted by Gasteiger charge is -2.33. The van der Waals surface area contributed by atoms with Crippen molar-refractivity contribution in [2.45, 2.75) is 5.92 Å². The van der Waals surface area contributed by atoms with Crippen LogP contribution in [-0.4, -0.2) is 60.8 Å². The predicted octanol–water partition coefficient (Wildman–Crippen LogP) is 2.92. The molecule has 1 fully saturated rings. The highest BCUT2D eigenvalue weighted by atomic mass is 16.3. The van der Waals surface area contributed by atoms with Crippen molar-refractivity contribution < 1.29 is 5.11 Å². The summed E-state index contributed by atoms with van der Waals surface area (Å²) in [4.78, 5) is 4.72. The van der Waals surface area contributed by atoms with Crippen LogP contribution in [-0.2, 0) is 0 Å². The Morgan fingerprint density at radius 2 is 1.37 bits per heavy atom. The zero-order chi connectivity index (χ0) is 18.5. The van der Waals surface area contributed by atoms with E-state index >= 15 is 0 Å². The van der Waals surface area contributed by atoms with E-state index in [2.05, 4.69) is 82.3 Å². The molecule has 0 unspecified atom stereocenters. The Balaban J connectivity index is 1.53. The molecule has 0 spiro atoms. The summed E-state index contributed by atoms with van der Waals surface area (Å²) in [7, 11) is 0. The Morgan fingerprint density at radius 1 is 0.815 bits per heavy atom. The number of rotatable bonds is 3. The maximum Gasteiger partial charge on any atom is 0.0714 e. The molecule has 0 amide bonds. The van der Waals surface area contributed by atoms with E-state index in [9.17, 15) is 0 Å². The zero-order valence-corrected chi connectivity index (χ0v) is 15.6. The summed E-state index contributed by atoms with van der Waals surface area (Å²) in [5.74, 6) is 7.15. The molecular weight excluding hydrogens is 332 g/mol. The molecule has 3 heteroatoms. The Morgan fingerprint density at radius 3 is 1.96 bits per heavy atom. The second-order valence-electron chi connectivity index (χ2n) is 7.19. The molecular formula is C24H26N2O. The minimum atomic E-state index is 0.114. The van der Waals surface area contributed by atoms with Crippen molar-refractivity contribution in [2.24, 2.45) is 0 Å². The van der Waals surface area contributed by atoms with Crippen LogP contribution in [0.5, 0.6) is 0 Å². The number of aliphatic hydroxyl groups excluding tert-OH is 1. The van der Waals surface area contributed by atoms with Crippen molar-refractivity contribution >= 4 is 12.2 Å². The van der Waals surface area contributed by atoms with E-state index in [1.807, 2.05) is 0 Å². The van der Waals surface area contributed by atoms with E-state index < -0.39 is 0 Å². The molecule has 2 aromatic rings. The normalized spacial score (nSPS) is 17.5. The highest BCUT2D eigenvalue weighted by Gasteiger charge is 2.19. The van der Waals surface area contributed by atoms with Crippen molar-refractivity contribution in [3.05, 3.63) is 70.8 Å². The summed E-state index contributed by atoms with van der Waals surface area (Å²) < 4.78 is 0. The molecule has 2 aliphatic rings. The average molecular weight is 358 g/mol. The quantitative estimate of drug-likeness (QED) is 0.855. The van der Waals surface area contributed by atoms with Gasteiger partial charge in [-0.1, -0.05) is 72.5 Å². The number of benzene rings is 2. The van der Waals surface area contributed by atoms with Gasteiger partial charge in [0.1, 0.15) is 0 Å². The first-order valence-electron chi connectivity index (χ1n) is 9.75. The molecule has 1 N–H and O–H groups in total. The third-order valence-corrected chi connectivity index (χ3v) is 5.49. The van der Waals surface area contributed by atoms with Crippen molar-refractivity contribution in [3.63, 3.8) is 0 Å². The minimum absolute atomic E-state index is 0.114. The van der Waals surface area contributed by atoms with E-state index in [0.29, 0.717) is 0 Å². The molecule has 2 aromatic carbocycles. The van der Waals surface area contributed by atoms with Crippen molar-refractivity contribution in [1.29, 1.82) is 0 Å². The summed E-state index contributed by atoms with van der Waals surface area (Å²) in [6.45, 7) is 5.91. The summed E-state index contributed by atoms with van der Waals surface area (Å²) in [5.41, 5.74) is 5.09. The fraction of sp³-hybridized carbons (Fsp3) is 0.333. The van der Waals surface area contributed by atoms with Crippen molar-refractivity contribution in [1.82, 2.24) is 9.80 Å². The van der Waals surface area contributed by atoms with E-state index in [4.69, 9.17) is 5.11 Å².